The van der Waals surface area contributed by atoms with Crippen molar-refractivity contribution in [2.24, 2.45) is 0 Å². The molecule has 1 saturated heterocycles. The molecule has 0 saturated carbocycles. The molecule has 15 heavy (non-hydrogen) atoms. The van der Waals surface area contributed by atoms with Gasteiger partial charge in [0.1, 0.15) is 0 Å². The number of benzene rings is 1. The Hall–Kier alpha value is -1.00. The summed E-state index contributed by atoms with van der Waals surface area (Å²) >= 11 is 0. The van der Waals surface area contributed by atoms with E-state index in [0.29, 0.717) is 31.6 Å². The van der Waals surface area contributed by atoms with Crippen LogP contribution in [0.4, 0.5) is 8.78 Å². The van der Waals surface area contributed by atoms with Gasteiger partial charge in [-0.15, -0.1) is 0 Å². The summed E-state index contributed by atoms with van der Waals surface area (Å²) in [7, 11) is 0. The van der Waals surface area contributed by atoms with Crippen LogP contribution in [-0.4, -0.2) is 19.5 Å². The average Bonchev–Trinajstić information content (AvgIpc) is 2.73. The molecule has 4 heteroatoms. The van der Waals surface area contributed by atoms with E-state index in [2.05, 4.69) is 0 Å². The van der Waals surface area contributed by atoms with Crippen molar-refractivity contribution in [3.63, 3.8) is 0 Å². The van der Waals surface area contributed by atoms with Crippen LogP contribution < -0.4 is 0 Å². The molecule has 2 rings (SSSR count). The second-order valence-electron chi connectivity index (χ2n) is 3.42. The number of ether oxygens (including phenoxy) is 2. The summed E-state index contributed by atoms with van der Waals surface area (Å²) in [6, 6.07) is 4.19. The molecule has 0 amide bonds. The maximum absolute atomic E-state index is 13.2. The summed E-state index contributed by atoms with van der Waals surface area (Å²) in [4.78, 5) is 0. The van der Waals surface area contributed by atoms with Crippen molar-refractivity contribution in [3.05, 3.63) is 35.4 Å². The van der Waals surface area contributed by atoms with E-state index in [-0.39, 0.29) is 6.29 Å². The van der Waals surface area contributed by atoms with Crippen molar-refractivity contribution < 1.29 is 18.3 Å². The normalized spacial score (nSPS) is 17.2. The molecule has 0 aromatic heterocycles. The van der Waals surface area contributed by atoms with Crippen molar-refractivity contribution in [3.8, 4) is 0 Å². The zero-order chi connectivity index (χ0) is 10.7. The highest BCUT2D eigenvalue weighted by atomic mass is 19.2. The Balaban J connectivity index is 1.95. The molecule has 0 unspecified atom stereocenters. The lowest BCUT2D eigenvalue weighted by atomic mass is 10.1. The molecular weight excluding hydrogens is 202 g/mol. The molecule has 0 radical (unpaired) electrons. The van der Waals surface area contributed by atoms with E-state index in [1.54, 1.807) is 6.07 Å². The van der Waals surface area contributed by atoms with E-state index in [9.17, 15) is 8.78 Å². The first-order chi connectivity index (χ1) is 7.27. The topological polar surface area (TPSA) is 18.5 Å². The van der Waals surface area contributed by atoms with E-state index >= 15 is 0 Å². The molecule has 0 N–H and O–H groups in total. The Morgan fingerprint density at radius 2 is 1.93 bits per heavy atom. The highest BCUT2D eigenvalue weighted by Crippen LogP contribution is 2.16. The number of halogens is 2. The van der Waals surface area contributed by atoms with Gasteiger partial charge in [0.05, 0.1) is 13.2 Å². The lowest BCUT2D eigenvalue weighted by Crippen LogP contribution is -2.09. The van der Waals surface area contributed by atoms with E-state index in [0.717, 1.165) is 6.07 Å². The van der Waals surface area contributed by atoms with Crippen LogP contribution in [0, 0.1) is 11.6 Å². The minimum absolute atomic E-state index is 0.271. The number of aryl methyl sites for hydroxylation is 1. The van der Waals surface area contributed by atoms with Gasteiger partial charge in [0, 0.05) is 6.42 Å². The summed E-state index contributed by atoms with van der Waals surface area (Å²) in [5, 5.41) is 0. The first-order valence-electron chi connectivity index (χ1n) is 4.93. The van der Waals surface area contributed by atoms with Gasteiger partial charge in [0.25, 0.3) is 0 Å². The van der Waals surface area contributed by atoms with Gasteiger partial charge in [0.2, 0.25) is 0 Å². The molecule has 1 aliphatic heterocycles. The van der Waals surface area contributed by atoms with Crippen LogP contribution in [0.25, 0.3) is 0 Å². The predicted octanol–water partition coefficient (Wildman–Crippen LogP) is 2.27. The van der Waals surface area contributed by atoms with Gasteiger partial charge < -0.3 is 9.47 Å². The SMILES string of the molecule is Fc1cccc(CCC2OCCO2)c1F. The number of hydrogen-bond donors (Lipinski definition) is 0. The molecule has 0 spiro atoms. The molecular formula is C11H12F2O2. The van der Waals surface area contributed by atoms with Crippen LogP contribution in [0.2, 0.25) is 0 Å². The Bertz CT molecular complexity index is 335. The average molecular weight is 214 g/mol. The first kappa shape index (κ1) is 10.5. The van der Waals surface area contributed by atoms with E-state index in [1.165, 1.54) is 6.07 Å². The van der Waals surface area contributed by atoms with Crippen molar-refractivity contribution in [2.45, 2.75) is 19.1 Å². The van der Waals surface area contributed by atoms with Gasteiger partial charge in [-0.2, -0.15) is 0 Å². The third kappa shape index (κ3) is 2.52. The van der Waals surface area contributed by atoms with Crippen molar-refractivity contribution in [1.82, 2.24) is 0 Å². The second-order valence-corrected chi connectivity index (χ2v) is 3.42. The Kier molecular flexibility index (Phi) is 3.28. The van der Waals surface area contributed by atoms with Crippen LogP contribution in [0.15, 0.2) is 18.2 Å². The molecule has 0 bridgehead atoms. The largest absolute Gasteiger partial charge is 0.350 e. The van der Waals surface area contributed by atoms with Crippen LogP contribution in [0.1, 0.15) is 12.0 Å². The smallest absolute Gasteiger partial charge is 0.162 e. The summed E-state index contributed by atoms with van der Waals surface area (Å²) in [6.07, 6.45) is 0.710. The van der Waals surface area contributed by atoms with Crippen LogP contribution >= 0.6 is 0 Å². The zero-order valence-electron chi connectivity index (χ0n) is 8.21. The number of rotatable bonds is 3. The second kappa shape index (κ2) is 4.68. The van der Waals surface area contributed by atoms with Crippen LogP contribution in [-0.2, 0) is 15.9 Å². The molecule has 0 aliphatic carbocycles. The lowest BCUT2D eigenvalue weighted by molar-refractivity contribution is -0.0463. The van der Waals surface area contributed by atoms with Crippen molar-refractivity contribution in [2.75, 3.05) is 13.2 Å². The van der Waals surface area contributed by atoms with Gasteiger partial charge >= 0.3 is 0 Å². The molecule has 1 aromatic carbocycles. The summed E-state index contributed by atoms with van der Waals surface area (Å²) in [6.45, 7) is 1.16. The Morgan fingerprint density at radius 1 is 1.20 bits per heavy atom. The highest BCUT2D eigenvalue weighted by molar-refractivity contribution is 5.18. The molecule has 82 valence electrons. The third-order valence-electron chi connectivity index (χ3n) is 2.37. The zero-order valence-corrected chi connectivity index (χ0v) is 8.21. The summed E-state index contributed by atoms with van der Waals surface area (Å²) in [5.41, 5.74) is 0.370. The minimum Gasteiger partial charge on any atom is -0.350 e. The molecule has 1 aromatic rings. The maximum Gasteiger partial charge on any atom is 0.162 e. The molecule has 0 atom stereocenters. The predicted molar refractivity (Wildman–Crippen MR) is 50.4 cm³/mol. The van der Waals surface area contributed by atoms with Crippen LogP contribution in [0.3, 0.4) is 0 Å². The van der Waals surface area contributed by atoms with E-state index < -0.39 is 11.6 Å². The van der Waals surface area contributed by atoms with Gasteiger partial charge in [-0.25, -0.2) is 8.78 Å². The monoisotopic (exact) mass is 214 g/mol. The minimum atomic E-state index is -0.805. The lowest BCUT2D eigenvalue weighted by Gasteiger charge is -2.09. The molecule has 1 aliphatic rings. The van der Waals surface area contributed by atoms with Gasteiger partial charge in [-0.1, -0.05) is 12.1 Å². The summed E-state index contributed by atoms with van der Waals surface area (Å²) < 4.78 is 36.5. The fraction of sp³-hybridized carbons (Fsp3) is 0.455. The third-order valence-corrected chi connectivity index (χ3v) is 2.37. The molecule has 2 nitrogen and oxygen atoms in total. The van der Waals surface area contributed by atoms with Crippen LogP contribution in [0.5, 0.6) is 0 Å². The van der Waals surface area contributed by atoms with Gasteiger partial charge in [-0.3, -0.25) is 0 Å². The number of hydrogen-bond acceptors (Lipinski definition) is 2. The standard InChI is InChI=1S/C11H12F2O2/c12-9-3-1-2-8(11(9)13)4-5-10-14-6-7-15-10/h1-3,10H,4-7H2. The van der Waals surface area contributed by atoms with Gasteiger partial charge in [-0.05, 0) is 18.1 Å². The van der Waals surface area contributed by atoms with Crippen molar-refractivity contribution >= 4 is 0 Å². The first-order valence-corrected chi connectivity index (χ1v) is 4.93. The maximum atomic E-state index is 13.2. The molecule has 1 fully saturated rings. The Morgan fingerprint density at radius 3 is 2.67 bits per heavy atom. The Labute approximate surface area is 86.8 Å². The summed E-state index contributed by atoms with van der Waals surface area (Å²) in [5.74, 6) is -1.57. The fourth-order valence-electron chi connectivity index (χ4n) is 1.59. The van der Waals surface area contributed by atoms with Crippen molar-refractivity contribution in [1.29, 1.82) is 0 Å². The fourth-order valence-corrected chi connectivity index (χ4v) is 1.59. The molecule has 1 heterocycles. The highest BCUT2D eigenvalue weighted by Gasteiger charge is 2.17. The quantitative estimate of drug-likeness (QED) is 0.768. The van der Waals surface area contributed by atoms with Gasteiger partial charge in [0.15, 0.2) is 17.9 Å². The van der Waals surface area contributed by atoms with E-state index in [4.69, 9.17) is 9.47 Å². The van der Waals surface area contributed by atoms with E-state index in [1.807, 2.05) is 0 Å².